The fraction of sp³-hybridized carbons (Fsp3) is 0.417. The SMILES string of the molecule is Cc1c(I)cccc1C(=O)N1CC[C@@H](N)C1.Cl. The number of nitrogens with two attached hydrogens (primary N) is 1. The number of amides is 1. The Morgan fingerprint density at radius 3 is 2.82 bits per heavy atom. The fourth-order valence-electron chi connectivity index (χ4n) is 1.98. The average Bonchev–Trinajstić information content (AvgIpc) is 2.68. The molecule has 0 aliphatic carbocycles. The van der Waals surface area contributed by atoms with Crippen molar-refractivity contribution < 1.29 is 4.79 Å². The fourth-order valence-corrected chi connectivity index (χ4v) is 2.48. The summed E-state index contributed by atoms with van der Waals surface area (Å²) in [6, 6.07) is 5.98. The van der Waals surface area contributed by atoms with Gasteiger partial charge in [-0.25, -0.2) is 0 Å². The van der Waals surface area contributed by atoms with Gasteiger partial charge < -0.3 is 10.6 Å². The first-order valence-electron chi connectivity index (χ1n) is 5.39. The summed E-state index contributed by atoms with van der Waals surface area (Å²) in [5.41, 5.74) is 7.68. The van der Waals surface area contributed by atoms with E-state index in [1.54, 1.807) is 0 Å². The second kappa shape index (κ2) is 6.02. The molecule has 1 fully saturated rings. The van der Waals surface area contributed by atoms with Gasteiger partial charge in [-0.1, -0.05) is 6.07 Å². The molecule has 1 saturated heterocycles. The van der Waals surface area contributed by atoms with Crippen LogP contribution in [-0.4, -0.2) is 29.9 Å². The van der Waals surface area contributed by atoms with E-state index in [2.05, 4.69) is 22.6 Å². The Labute approximate surface area is 121 Å². The number of likely N-dealkylation sites (tertiary alicyclic amines) is 1. The van der Waals surface area contributed by atoms with Crippen molar-refractivity contribution in [3.63, 3.8) is 0 Å². The molecule has 5 heteroatoms. The molecule has 1 atom stereocenters. The molecule has 1 aromatic rings. The summed E-state index contributed by atoms with van der Waals surface area (Å²) < 4.78 is 1.13. The van der Waals surface area contributed by atoms with E-state index < -0.39 is 0 Å². The maximum Gasteiger partial charge on any atom is 0.254 e. The molecule has 2 rings (SSSR count). The molecule has 1 amide bonds. The number of carbonyl (C=O) groups excluding carboxylic acids is 1. The van der Waals surface area contributed by atoms with Gasteiger partial charge in [0.2, 0.25) is 0 Å². The van der Waals surface area contributed by atoms with Crippen molar-refractivity contribution in [1.82, 2.24) is 4.90 Å². The minimum absolute atomic E-state index is 0. The number of nitrogens with zero attached hydrogens (tertiary/aromatic N) is 1. The van der Waals surface area contributed by atoms with Gasteiger partial charge in [-0.3, -0.25) is 4.79 Å². The van der Waals surface area contributed by atoms with E-state index in [-0.39, 0.29) is 24.4 Å². The maximum atomic E-state index is 12.2. The van der Waals surface area contributed by atoms with Gasteiger partial charge >= 0.3 is 0 Å². The third kappa shape index (κ3) is 3.11. The number of benzene rings is 1. The normalized spacial score (nSPS) is 19.0. The van der Waals surface area contributed by atoms with Gasteiger partial charge in [-0.15, -0.1) is 12.4 Å². The molecule has 94 valence electrons. The Balaban J connectivity index is 0.00000144. The number of hydrogen-bond acceptors (Lipinski definition) is 2. The molecule has 1 aromatic carbocycles. The molecule has 0 aromatic heterocycles. The van der Waals surface area contributed by atoms with Gasteiger partial charge in [0.15, 0.2) is 0 Å². The Kier molecular flexibility index (Phi) is 5.22. The van der Waals surface area contributed by atoms with E-state index in [1.165, 1.54) is 0 Å². The highest BCUT2D eigenvalue weighted by molar-refractivity contribution is 14.1. The average molecular weight is 367 g/mol. The minimum atomic E-state index is 0. The Morgan fingerprint density at radius 2 is 2.24 bits per heavy atom. The van der Waals surface area contributed by atoms with Gasteiger partial charge in [0.1, 0.15) is 0 Å². The van der Waals surface area contributed by atoms with Crippen LogP contribution >= 0.6 is 35.0 Å². The molecule has 2 N–H and O–H groups in total. The highest BCUT2D eigenvalue weighted by Crippen LogP contribution is 2.19. The molecule has 0 spiro atoms. The Morgan fingerprint density at radius 1 is 1.53 bits per heavy atom. The van der Waals surface area contributed by atoms with Gasteiger partial charge in [-0.2, -0.15) is 0 Å². The molecule has 0 unspecified atom stereocenters. The number of hydrogen-bond donors (Lipinski definition) is 1. The van der Waals surface area contributed by atoms with Crippen molar-refractivity contribution in [2.24, 2.45) is 5.73 Å². The Hall–Kier alpha value is -0.330. The van der Waals surface area contributed by atoms with Crippen LogP contribution in [-0.2, 0) is 0 Å². The quantitative estimate of drug-likeness (QED) is 0.775. The van der Waals surface area contributed by atoms with Crippen molar-refractivity contribution in [3.05, 3.63) is 32.9 Å². The standard InChI is InChI=1S/C12H15IN2O.ClH/c1-8-10(3-2-4-11(8)13)12(16)15-6-5-9(14)7-15;/h2-4,9H,5-7,14H2,1H3;1H/t9-;/m1./s1. The van der Waals surface area contributed by atoms with E-state index in [1.807, 2.05) is 30.0 Å². The third-order valence-electron chi connectivity index (χ3n) is 3.01. The summed E-state index contributed by atoms with van der Waals surface area (Å²) in [7, 11) is 0. The second-order valence-corrected chi connectivity index (χ2v) is 5.37. The predicted molar refractivity (Wildman–Crippen MR) is 79.6 cm³/mol. The second-order valence-electron chi connectivity index (χ2n) is 4.21. The molecule has 17 heavy (non-hydrogen) atoms. The summed E-state index contributed by atoms with van der Waals surface area (Å²) in [5, 5.41) is 0. The van der Waals surface area contributed by atoms with Crippen LogP contribution in [0.3, 0.4) is 0 Å². The van der Waals surface area contributed by atoms with Crippen LogP contribution < -0.4 is 5.73 Å². The summed E-state index contributed by atoms with van der Waals surface area (Å²) in [6.45, 7) is 3.46. The van der Waals surface area contributed by atoms with Crippen LogP contribution in [0.4, 0.5) is 0 Å². The van der Waals surface area contributed by atoms with Gasteiger partial charge in [0, 0.05) is 28.3 Å². The van der Waals surface area contributed by atoms with Gasteiger partial charge in [0.05, 0.1) is 0 Å². The molecule has 1 aliphatic heterocycles. The summed E-state index contributed by atoms with van der Waals surface area (Å²) in [5.74, 6) is 0.115. The minimum Gasteiger partial charge on any atom is -0.337 e. The highest BCUT2D eigenvalue weighted by Gasteiger charge is 2.25. The molecule has 1 heterocycles. The zero-order valence-electron chi connectivity index (χ0n) is 9.65. The van der Waals surface area contributed by atoms with Crippen LogP contribution in [0.15, 0.2) is 18.2 Å². The zero-order valence-corrected chi connectivity index (χ0v) is 12.6. The van der Waals surface area contributed by atoms with Crippen LogP contribution in [0.1, 0.15) is 22.3 Å². The third-order valence-corrected chi connectivity index (χ3v) is 4.18. The summed E-state index contributed by atoms with van der Waals surface area (Å²) in [6.07, 6.45) is 0.911. The van der Waals surface area contributed by atoms with Crippen molar-refractivity contribution >= 4 is 40.9 Å². The molecular formula is C12H16ClIN2O. The van der Waals surface area contributed by atoms with E-state index in [0.717, 1.165) is 27.7 Å². The molecule has 3 nitrogen and oxygen atoms in total. The Bertz CT molecular complexity index is 425. The van der Waals surface area contributed by atoms with Crippen LogP contribution in [0.2, 0.25) is 0 Å². The topological polar surface area (TPSA) is 46.3 Å². The van der Waals surface area contributed by atoms with E-state index >= 15 is 0 Å². The lowest BCUT2D eigenvalue weighted by atomic mass is 10.1. The highest BCUT2D eigenvalue weighted by atomic mass is 127. The lowest BCUT2D eigenvalue weighted by molar-refractivity contribution is 0.0790. The predicted octanol–water partition coefficient (Wildman–Crippen LogP) is 2.19. The van der Waals surface area contributed by atoms with E-state index in [9.17, 15) is 4.79 Å². The summed E-state index contributed by atoms with van der Waals surface area (Å²) in [4.78, 5) is 14.1. The van der Waals surface area contributed by atoms with Gasteiger partial charge in [0.25, 0.3) is 5.91 Å². The summed E-state index contributed by atoms with van der Waals surface area (Å²) >= 11 is 2.26. The lowest BCUT2D eigenvalue weighted by Crippen LogP contribution is -2.32. The number of rotatable bonds is 1. The first-order chi connectivity index (χ1) is 7.59. The van der Waals surface area contributed by atoms with Crippen molar-refractivity contribution in [2.75, 3.05) is 13.1 Å². The smallest absolute Gasteiger partial charge is 0.254 e. The zero-order chi connectivity index (χ0) is 11.7. The maximum absolute atomic E-state index is 12.2. The monoisotopic (exact) mass is 366 g/mol. The van der Waals surface area contributed by atoms with Crippen LogP contribution in [0.25, 0.3) is 0 Å². The molecule has 0 radical (unpaired) electrons. The lowest BCUT2D eigenvalue weighted by Gasteiger charge is -2.17. The molecule has 0 saturated carbocycles. The number of halogens is 2. The van der Waals surface area contributed by atoms with Crippen LogP contribution in [0, 0.1) is 10.5 Å². The van der Waals surface area contributed by atoms with E-state index in [4.69, 9.17) is 5.73 Å². The molecule has 1 aliphatic rings. The largest absolute Gasteiger partial charge is 0.337 e. The van der Waals surface area contributed by atoms with Crippen LogP contribution in [0.5, 0.6) is 0 Å². The van der Waals surface area contributed by atoms with Crippen molar-refractivity contribution in [1.29, 1.82) is 0 Å². The van der Waals surface area contributed by atoms with Crippen molar-refractivity contribution in [3.8, 4) is 0 Å². The number of carbonyl (C=O) groups is 1. The van der Waals surface area contributed by atoms with Crippen molar-refractivity contribution in [2.45, 2.75) is 19.4 Å². The first kappa shape index (κ1) is 14.7. The molecule has 0 bridgehead atoms. The van der Waals surface area contributed by atoms with E-state index in [0.29, 0.717) is 6.54 Å². The van der Waals surface area contributed by atoms with Gasteiger partial charge in [-0.05, 0) is 53.6 Å². The first-order valence-corrected chi connectivity index (χ1v) is 6.47. The molecular weight excluding hydrogens is 351 g/mol.